The molecule has 1 aromatic rings. The molecule has 1 aliphatic heterocycles. The van der Waals surface area contributed by atoms with E-state index in [1.807, 2.05) is 11.8 Å². The van der Waals surface area contributed by atoms with Crippen LogP contribution in [-0.4, -0.2) is 31.8 Å². The van der Waals surface area contributed by atoms with Crippen LogP contribution in [0.3, 0.4) is 0 Å². The van der Waals surface area contributed by atoms with E-state index in [2.05, 4.69) is 15.9 Å². The molecule has 0 aliphatic carbocycles. The second-order valence-corrected chi connectivity index (χ2v) is 8.79. The maximum atomic E-state index is 12.7. The van der Waals surface area contributed by atoms with Crippen LogP contribution < -0.4 is 0 Å². The van der Waals surface area contributed by atoms with E-state index in [-0.39, 0.29) is 16.8 Å². The van der Waals surface area contributed by atoms with Crippen molar-refractivity contribution < 1.29 is 13.2 Å². The maximum Gasteiger partial charge on any atom is 0.261 e. The van der Waals surface area contributed by atoms with Crippen LogP contribution in [0.2, 0.25) is 0 Å². The van der Waals surface area contributed by atoms with Gasteiger partial charge in [-0.2, -0.15) is 0 Å². The number of benzene rings is 1. The van der Waals surface area contributed by atoms with E-state index in [0.29, 0.717) is 16.6 Å². The Labute approximate surface area is 138 Å². The highest BCUT2D eigenvalue weighted by Crippen LogP contribution is 2.25. The lowest BCUT2D eigenvalue weighted by molar-refractivity contribution is 0.0697. The van der Waals surface area contributed by atoms with Crippen molar-refractivity contribution in [3.8, 4) is 0 Å². The van der Waals surface area contributed by atoms with Crippen molar-refractivity contribution >= 4 is 41.6 Å². The summed E-state index contributed by atoms with van der Waals surface area (Å²) < 4.78 is 23.5. The zero-order valence-electron chi connectivity index (χ0n) is 11.7. The first-order valence-corrected chi connectivity index (χ1v) is 9.95. The lowest BCUT2D eigenvalue weighted by atomic mass is 10.1. The van der Waals surface area contributed by atoms with Crippen LogP contribution in [0.1, 0.15) is 43.0 Å². The molecule has 0 saturated carbocycles. The van der Waals surface area contributed by atoms with Crippen LogP contribution >= 0.6 is 26.6 Å². The van der Waals surface area contributed by atoms with Gasteiger partial charge >= 0.3 is 0 Å². The van der Waals surface area contributed by atoms with Crippen LogP contribution in [-0.2, 0) is 9.05 Å². The fraction of sp³-hybridized carbons (Fsp3) is 0.500. The van der Waals surface area contributed by atoms with Crippen LogP contribution in [0.4, 0.5) is 0 Å². The molecule has 0 radical (unpaired) electrons. The molecule has 0 spiro atoms. The standard InChI is InChI=1S/C14H17BrClNO3S/c1-10-5-3-2-4-6-17(10)14(18)11-7-12(15)9-13(8-11)21(16,19)20/h7-10H,2-6H2,1H3. The first-order valence-electron chi connectivity index (χ1n) is 6.85. The third-order valence-corrected chi connectivity index (χ3v) is 5.50. The third-order valence-electron chi connectivity index (χ3n) is 3.71. The van der Waals surface area contributed by atoms with Crippen molar-refractivity contribution in [1.82, 2.24) is 4.90 Å². The normalized spacial score (nSPS) is 20.1. The molecule has 1 aliphatic rings. The Bertz CT molecular complexity index is 648. The van der Waals surface area contributed by atoms with Crippen molar-refractivity contribution in [2.45, 2.75) is 43.5 Å². The molecule has 1 fully saturated rings. The topological polar surface area (TPSA) is 54.5 Å². The van der Waals surface area contributed by atoms with E-state index in [1.165, 1.54) is 12.1 Å². The smallest absolute Gasteiger partial charge is 0.261 e. The van der Waals surface area contributed by atoms with Gasteiger partial charge in [-0.3, -0.25) is 4.79 Å². The van der Waals surface area contributed by atoms with Gasteiger partial charge in [0.25, 0.3) is 15.0 Å². The van der Waals surface area contributed by atoms with Gasteiger partial charge in [0.1, 0.15) is 0 Å². The molecule has 4 nitrogen and oxygen atoms in total. The Morgan fingerprint density at radius 1 is 1.29 bits per heavy atom. The summed E-state index contributed by atoms with van der Waals surface area (Å²) in [5.41, 5.74) is 0.345. The summed E-state index contributed by atoms with van der Waals surface area (Å²) in [6.45, 7) is 2.73. The van der Waals surface area contributed by atoms with Crippen LogP contribution in [0, 0.1) is 0 Å². The third kappa shape index (κ3) is 4.20. The average molecular weight is 395 g/mol. The zero-order valence-corrected chi connectivity index (χ0v) is 14.8. The molecular weight excluding hydrogens is 378 g/mol. The molecule has 0 aromatic heterocycles. The fourth-order valence-electron chi connectivity index (χ4n) is 2.57. The second kappa shape index (κ2) is 6.67. The summed E-state index contributed by atoms with van der Waals surface area (Å²) in [6.07, 6.45) is 4.18. The Morgan fingerprint density at radius 2 is 2.00 bits per heavy atom. The Hall–Kier alpha value is -0.590. The molecule has 21 heavy (non-hydrogen) atoms. The van der Waals surface area contributed by atoms with E-state index in [9.17, 15) is 13.2 Å². The Balaban J connectivity index is 2.36. The predicted octanol–water partition coefficient (Wildman–Crippen LogP) is 3.78. The monoisotopic (exact) mass is 393 g/mol. The summed E-state index contributed by atoms with van der Waals surface area (Å²) in [5.74, 6) is -0.146. The number of likely N-dealkylation sites (tertiary alicyclic amines) is 1. The number of hydrogen-bond acceptors (Lipinski definition) is 3. The molecular formula is C14H17BrClNO3S. The number of nitrogens with zero attached hydrogens (tertiary/aromatic N) is 1. The Kier molecular flexibility index (Phi) is 5.33. The molecule has 1 saturated heterocycles. The highest BCUT2D eigenvalue weighted by Gasteiger charge is 2.24. The van der Waals surface area contributed by atoms with Crippen molar-refractivity contribution in [2.24, 2.45) is 0 Å². The van der Waals surface area contributed by atoms with Gasteiger partial charge in [0.15, 0.2) is 0 Å². The van der Waals surface area contributed by atoms with Crippen LogP contribution in [0.5, 0.6) is 0 Å². The molecule has 1 amide bonds. The van der Waals surface area contributed by atoms with Gasteiger partial charge in [0, 0.05) is 33.3 Å². The molecule has 116 valence electrons. The van der Waals surface area contributed by atoms with Gasteiger partial charge < -0.3 is 4.90 Å². The quantitative estimate of drug-likeness (QED) is 0.717. The minimum absolute atomic E-state index is 0.0654. The van der Waals surface area contributed by atoms with Gasteiger partial charge in [-0.1, -0.05) is 28.8 Å². The molecule has 0 bridgehead atoms. The molecule has 7 heteroatoms. The summed E-state index contributed by atoms with van der Waals surface area (Å²) in [6, 6.07) is 4.53. The van der Waals surface area contributed by atoms with Crippen molar-refractivity contribution in [2.75, 3.05) is 6.54 Å². The first-order chi connectivity index (χ1) is 9.79. The lowest BCUT2D eigenvalue weighted by Gasteiger charge is -2.27. The van der Waals surface area contributed by atoms with E-state index < -0.39 is 9.05 Å². The molecule has 0 N–H and O–H groups in total. The highest BCUT2D eigenvalue weighted by molar-refractivity contribution is 9.10. The van der Waals surface area contributed by atoms with Crippen LogP contribution in [0.25, 0.3) is 0 Å². The number of carbonyl (C=O) groups excluding carboxylic acids is 1. The maximum absolute atomic E-state index is 12.7. The predicted molar refractivity (Wildman–Crippen MR) is 86.1 cm³/mol. The minimum Gasteiger partial charge on any atom is -0.336 e. The van der Waals surface area contributed by atoms with Crippen molar-refractivity contribution in [3.05, 3.63) is 28.2 Å². The van der Waals surface area contributed by atoms with Gasteiger partial charge in [-0.15, -0.1) is 0 Å². The average Bonchev–Trinajstić information content (AvgIpc) is 2.61. The number of amides is 1. The molecule has 1 atom stereocenters. The van der Waals surface area contributed by atoms with E-state index >= 15 is 0 Å². The van der Waals surface area contributed by atoms with E-state index in [1.54, 1.807) is 6.07 Å². The van der Waals surface area contributed by atoms with Gasteiger partial charge in [-0.05, 0) is 38.0 Å². The largest absolute Gasteiger partial charge is 0.336 e. The molecule has 2 rings (SSSR count). The molecule has 1 aromatic carbocycles. The summed E-state index contributed by atoms with van der Waals surface area (Å²) in [5, 5.41) is 0. The number of rotatable bonds is 2. The fourth-order valence-corrected chi connectivity index (χ4v) is 4.02. The van der Waals surface area contributed by atoms with Gasteiger partial charge in [0.2, 0.25) is 0 Å². The zero-order chi connectivity index (χ0) is 15.6. The number of halogens is 2. The van der Waals surface area contributed by atoms with E-state index in [0.717, 1.165) is 25.7 Å². The number of hydrogen-bond donors (Lipinski definition) is 0. The second-order valence-electron chi connectivity index (χ2n) is 5.31. The van der Waals surface area contributed by atoms with E-state index in [4.69, 9.17) is 10.7 Å². The SMILES string of the molecule is CC1CCCCCN1C(=O)c1cc(Br)cc(S(=O)(=O)Cl)c1. The summed E-state index contributed by atoms with van der Waals surface area (Å²) >= 11 is 3.23. The minimum atomic E-state index is -3.86. The number of carbonyl (C=O) groups is 1. The summed E-state index contributed by atoms with van der Waals surface area (Å²) in [4.78, 5) is 14.4. The van der Waals surface area contributed by atoms with Crippen molar-refractivity contribution in [3.63, 3.8) is 0 Å². The van der Waals surface area contributed by atoms with Crippen molar-refractivity contribution in [1.29, 1.82) is 0 Å². The van der Waals surface area contributed by atoms with Gasteiger partial charge in [0.05, 0.1) is 4.90 Å². The molecule has 1 unspecified atom stereocenters. The highest BCUT2D eigenvalue weighted by atomic mass is 79.9. The first kappa shape index (κ1) is 16.8. The van der Waals surface area contributed by atoms with Gasteiger partial charge in [-0.25, -0.2) is 8.42 Å². The summed E-state index contributed by atoms with van der Waals surface area (Å²) in [7, 11) is 1.51. The Morgan fingerprint density at radius 3 is 2.67 bits per heavy atom. The lowest BCUT2D eigenvalue weighted by Crippen LogP contribution is -2.38. The van der Waals surface area contributed by atoms with Crippen LogP contribution in [0.15, 0.2) is 27.6 Å². The molecule has 1 heterocycles.